The summed E-state index contributed by atoms with van der Waals surface area (Å²) in [7, 11) is 1.47. The van der Waals surface area contributed by atoms with E-state index < -0.39 is 64.9 Å². The standard InChI is InChI=1S/C52H59ClN6O9/c1-30-25-45(63)46(58(3)50(67)37(7-4-5-22-54)29-44(62)35-11-9-33(10-12-35)34-13-16-38(53)17-14-34)36-15-19-43(61)40(28-36)39-26-32(8-18-42(39)60)27-41(57-47(30)64)48(65)56-31(2)49(66)59-24-6-20-52(59)21-23-55-51(52)68/h8-19,26,28,30-31,37,41,46,60-61H,4-7,20-25,27,29,54H2,1-3H3,(H,55,68)(H,56,65)(H,57,64)/t30-,31+,37-,41+,46+,52?/m1/s1. The number of ketones is 2. The number of rotatable bonds is 13. The fourth-order valence-electron chi connectivity index (χ4n) is 9.82. The average Bonchev–Trinajstić information content (AvgIpc) is 3.93. The molecule has 358 valence electrons. The maximum Gasteiger partial charge on any atom is 0.246 e. The molecule has 6 atom stereocenters. The van der Waals surface area contributed by atoms with Crippen molar-refractivity contribution in [3.63, 3.8) is 0 Å². The highest BCUT2D eigenvalue weighted by Gasteiger charge is 2.52. The molecule has 4 aromatic rings. The minimum atomic E-state index is -1.31. The van der Waals surface area contributed by atoms with Gasteiger partial charge in [-0.15, -0.1) is 0 Å². The predicted molar refractivity (Wildman–Crippen MR) is 256 cm³/mol. The van der Waals surface area contributed by atoms with Crippen molar-refractivity contribution in [1.29, 1.82) is 0 Å². The number of benzene rings is 4. The van der Waals surface area contributed by atoms with E-state index in [4.69, 9.17) is 17.3 Å². The number of nitrogens with zero attached hydrogens (tertiary/aromatic N) is 2. The lowest BCUT2D eigenvalue weighted by Gasteiger charge is -2.34. The number of carbonyl (C=O) groups excluding carboxylic acids is 7. The zero-order valence-corrected chi connectivity index (χ0v) is 39.3. The fourth-order valence-corrected chi connectivity index (χ4v) is 9.94. The molecule has 0 radical (unpaired) electrons. The van der Waals surface area contributed by atoms with Gasteiger partial charge in [-0.05, 0) is 104 Å². The summed E-state index contributed by atoms with van der Waals surface area (Å²) in [5.74, 6) is -5.59. The van der Waals surface area contributed by atoms with Crippen molar-refractivity contribution >= 4 is 52.7 Å². The molecule has 0 aliphatic carbocycles. The Balaban J connectivity index is 1.16. The molecular weight excluding hydrogens is 888 g/mol. The fraction of sp³-hybridized carbons (Fsp3) is 0.404. The summed E-state index contributed by atoms with van der Waals surface area (Å²) in [5, 5.41) is 31.4. The molecule has 7 rings (SSSR count). The van der Waals surface area contributed by atoms with Crippen LogP contribution in [-0.2, 0) is 35.2 Å². The van der Waals surface area contributed by atoms with Crippen molar-refractivity contribution in [3.05, 3.63) is 107 Å². The van der Waals surface area contributed by atoms with Crippen LogP contribution in [0.4, 0.5) is 0 Å². The number of nitrogens with two attached hydrogens (primary N) is 1. The van der Waals surface area contributed by atoms with E-state index in [1.807, 2.05) is 24.3 Å². The first-order valence-electron chi connectivity index (χ1n) is 23.3. The molecule has 4 bridgehead atoms. The Morgan fingerprint density at radius 1 is 0.897 bits per heavy atom. The van der Waals surface area contributed by atoms with Gasteiger partial charge in [0.2, 0.25) is 29.5 Å². The maximum atomic E-state index is 14.7. The summed E-state index contributed by atoms with van der Waals surface area (Å²) >= 11 is 6.07. The van der Waals surface area contributed by atoms with Crippen molar-refractivity contribution in [2.24, 2.45) is 17.6 Å². The third-order valence-electron chi connectivity index (χ3n) is 13.7. The second-order valence-electron chi connectivity index (χ2n) is 18.4. The normalized spacial score (nSPS) is 21.3. The molecule has 3 aliphatic rings. The Morgan fingerprint density at radius 3 is 2.22 bits per heavy atom. The number of carbonyl (C=O) groups is 7. The van der Waals surface area contributed by atoms with Gasteiger partial charge >= 0.3 is 0 Å². The van der Waals surface area contributed by atoms with Crippen LogP contribution in [0.2, 0.25) is 5.02 Å². The highest BCUT2D eigenvalue weighted by molar-refractivity contribution is 6.30. The number of hydrogen-bond donors (Lipinski definition) is 6. The van der Waals surface area contributed by atoms with Gasteiger partial charge in [0.1, 0.15) is 35.2 Å². The van der Waals surface area contributed by atoms with Crippen molar-refractivity contribution < 1.29 is 43.8 Å². The van der Waals surface area contributed by atoms with E-state index >= 15 is 0 Å². The summed E-state index contributed by atoms with van der Waals surface area (Å²) in [4.78, 5) is 101. The number of hydrogen-bond acceptors (Lipinski definition) is 10. The number of phenolic OH excluding ortho intramolecular Hbond substituents is 2. The number of fused-ring (bicyclic) bond motifs is 5. The van der Waals surface area contributed by atoms with Crippen LogP contribution < -0.4 is 21.7 Å². The lowest BCUT2D eigenvalue weighted by molar-refractivity contribution is -0.145. The molecule has 68 heavy (non-hydrogen) atoms. The molecule has 1 spiro atoms. The van der Waals surface area contributed by atoms with Crippen molar-refractivity contribution in [2.45, 2.75) is 95.3 Å². The predicted octanol–water partition coefficient (Wildman–Crippen LogP) is 5.62. The van der Waals surface area contributed by atoms with Crippen LogP contribution in [0.15, 0.2) is 84.9 Å². The highest BCUT2D eigenvalue weighted by Crippen LogP contribution is 2.40. The number of likely N-dealkylation sites (tertiary alicyclic amines) is 1. The van der Waals surface area contributed by atoms with E-state index in [-0.39, 0.29) is 53.6 Å². The molecular formula is C52H59ClN6O9. The molecule has 2 saturated heterocycles. The molecule has 0 aromatic heterocycles. The van der Waals surface area contributed by atoms with Gasteiger partial charge in [-0.2, -0.15) is 0 Å². The molecule has 7 N–H and O–H groups in total. The van der Waals surface area contributed by atoms with Crippen LogP contribution in [0.1, 0.15) is 92.7 Å². The maximum absolute atomic E-state index is 14.7. The SMILES string of the molecule is C[C@@H]1CC(=O)[C@@H](N(C)C(=O)[C@H](CCCCN)CC(=O)c2ccc(-c3ccc(Cl)cc3)cc2)c2ccc(O)c(c2)-c2cc(ccc2O)C[C@@H](C(=O)N[C@@H](C)C(=O)N2CCCC23CCNC3=O)NC1=O. The largest absolute Gasteiger partial charge is 0.507 e. The molecule has 2 fully saturated rings. The topological polar surface area (TPSA) is 229 Å². The van der Waals surface area contributed by atoms with Crippen LogP contribution in [0.25, 0.3) is 22.3 Å². The summed E-state index contributed by atoms with van der Waals surface area (Å²) in [6.45, 7) is 4.24. The molecule has 3 heterocycles. The van der Waals surface area contributed by atoms with E-state index in [0.29, 0.717) is 79.9 Å². The zero-order chi connectivity index (χ0) is 48.9. The molecule has 5 amide bonds. The minimum absolute atomic E-state index is 0.0977. The van der Waals surface area contributed by atoms with E-state index in [1.165, 1.54) is 55.0 Å². The molecule has 15 nitrogen and oxygen atoms in total. The van der Waals surface area contributed by atoms with Crippen molar-refractivity contribution in [3.8, 4) is 33.8 Å². The second-order valence-corrected chi connectivity index (χ2v) is 18.8. The Kier molecular flexibility index (Phi) is 15.3. The van der Waals surface area contributed by atoms with Crippen LogP contribution >= 0.6 is 11.6 Å². The Bertz CT molecular complexity index is 2580. The van der Waals surface area contributed by atoms with Gasteiger partial charge < -0.3 is 41.7 Å². The first-order chi connectivity index (χ1) is 32.5. The van der Waals surface area contributed by atoms with E-state index in [1.54, 1.807) is 36.4 Å². The Morgan fingerprint density at radius 2 is 1.56 bits per heavy atom. The van der Waals surface area contributed by atoms with Crippen molar-refractivity contribution in [2.75, 3.05) is 26.7 Å². The number of phenols is 2. The van der Waals surface area contributed by atoms with Gasteiger partial charge in [0.15, 0.2) is 11.6 Å². The zero-order valence-electron chi connectivity index (χ0n) is 38.6. The first kappa shape index (κ1) is 49.3. The number of aromatic hydroxyl groups is 2. The first-order valence-corrected chi connectivity index (χ1v) is 23.6. The average molecular weight is 948 g/mol. The van der Waals surface area contributed by atoms with E-state index in [2.05, 4.69) is 16.0 Å². The number of halogens is 1. The van der Waals surface area contributed by atoms with Crippen LogP contribution in [0.5, 0.6) is 11.5 Å². The molecule has 16 heteroatoms. The summed E-state index contributed by atoms with van der Waals surface area (Å²) < 4.78 is 0. The molecule has 4 aromatic carbocycles. The number of unbranched alkanes of at least 4 members (excludes halogenated alkanes) is 1. The van der Waals surface area contributed by atoms with Gasteiger partial charge in [-0.25, -0.2) is 0 Å². The smallest absolute Gasteiger partial charge is 0.246 e. The highest BCUT2D eigenvalue weighted by atomic mass is 35.5. The van der Waals surface area contributed by atoms with E-state index in [0.717, 1.165) is 11.1 Å². The van der Waals surface area contributed by atoms with Crippen molar-refractivity contribution in [1.82, 2.24) is 25.8 Å². The summed E-state index contributed by atoms with van der Waals surface area (Å²) in [6.07, 6.45) is 2.44. The molecule has 1 unspecified atom stereocenters. The van der Waals surface area contributed by atoms with Crippen LogP contribution in [0.3, 0.4) is 0 Å². The van der Waals surface area contributed by atoms with Gasteiger partial charge in [-0.1, -0.05) is 73.5 Å². The Labute approximate surface area is 400 Å². The molecule has 0 saturated carbocycles. The monoisotopic (exact) mass is 946 g/mol. The lowest BCUT2D eigenvalue weighted by Crippen LogP contribution is -2.59. The summed E-state index contributed by atoms with van der Waals surface area (Å²) in [5.41, 5.74) is 8.15. The van der Waals surface area contributed by atoms with Crippen LogP contribution in [0, 0.1) is 11.8 Å². The quantitative estimate of drug-likeness (QED) is 0.0716. The number of nitrogens with one attached hydrogen (secondary N) is 3. The molecule has 3 aliphatic heterocycles. The third kappa shape index (κ3) is 10.6. The minimum Gasteiger partial charge on any atom is -0.507 e. The van der Waals surface area contributed by atoms with Gasteiger partial charge in [0.25, 0.3) is 0 Å². The van der Waals surface area contributed by atoms with Crippen LogP contribution in [-0.4, -0.2) is 105 Å². The lowest BCUT2D eigenvalue weighted by atomic mass is 9.88. The second kappa shape index (κ2) is 21.2. The van der Waals surface area contributed by atoms with E-state index in [9.17, 15) is 43.8 Å². The number of amides is 5. The van der Waals surface area contributed by atoms with Gasteiger partial charge in [0, 0.05) is 72.9 Å². The number of likely N-dealkylation sites (N-methyl/N-ethyl adjacent to an activating group) is 1. The van der Waals surface area contributed by atoms with Gasteiger partial charge in [-0.3, -0.25) is 33.6 Å². The Hall–Kier alpha value is -6.58. The number of Topliss-reactive ketones (excluding diaryl/α,β-unsaturated/α-hetero) is 2. The third-order valence-corrected chi connectivity index (χ3v) is 13.9. The van der Waals surface area contributed by atoms with Gasteiger partial charge in [0.05, 0.1) is 0 Å². The summed E-state index contributed by atoms with van der Waals surface area (Å²) in [6, 6.07) is 19.7.